The van der Waals surface area contributed by atoms with Crippen LogP contribution in [0.15, 0.2) is 54.9 Å². The number of carbonyl (C=O) groups is 1. The van der Waals surface area contributed by atoms with Crippen LogP contribution in [0, 0.1) is 0 Å². The van der Waals surface area contributed by atoms with E-state index in [4.69, 9.17) is 5.73 Å². The number of nitrogens with two attached hydrogens (primary N) is 1. The molecule has 2 heterocycles. The molecule has 1 aliphatic heterocycles. The van der Waals surface area contributed by atoms with E-state index in [-0.39, 0.29) is 18.0 Å². The van der Waals surface area contributed by atoms with E-state index in [0.717, 1.165) is 30.5 Å². The van der Waals surface area contributed by atoms with Crippen molar-refractivity contribution in [2.24, 2.45) is 5.73 Å². The molecule has 114 valence electrons. The second-order valence-electron chi connectivity index (χ2n) is 5.78. The van der Waals surface area contributed by atoms with Gasteiger partial charge in [-0.3, -0.25) is 9.78 Å². The third kappa shape index (κ3) is 3.17. The van der Waals surface area contributed by atoms with Crippen molar-refractivity contribution in [1.82, 2.24) is 9.88 Å². The van der Waals surface area contributed by atoms with E-state index in [1.54, 1.807) is 12.4 Å². The highest BCUT2D eigenvalue weighted by Crippen LogP contribution is 2.30. The molecule has 22 heavy (non-hydrogen) atoms. The number of hydrogen-bond acceptors (Lipinski definition) is 3. The van der Waals surface area contributed by atoms with Gasteiger partial charge in [0.2, 0.25) is 5.91 Å². The fourth-order valence-electron chi connectivity index (χ4n) is 3.16. The lowest BCUT2D eigenvalue weighted by molar-refractivity contribution is -0.134. The predicted octanol–water partition coefficient (Wildman–Crippen LogP) is 2.32. The summed E-state index contributed by atoms with van der Waals surface area (Å²) in [5.41, 5.74) is 8.44. The van der Waals surface area contributed by atoms with Crippen molar-refractivity contribution in [2.45, 2.75) is 31.3 Å². The number of piperidine rings is 1. The van der Waals surface area contributed by atoms with Gasteiger partial charge in [0, 0.05) is 25.0 Å². The van der Waals surface area contributed by atoms with E-state index >= 15 is 0 Å². The van der Waals surface area contributed by atoms with E-state index in [2.05, 4.69) is 17.1 Å². The Labute approximate surface area is 131 Å². The minimum Gasteiger partial charge on any atom is -0.334 e. The molecule has 2 atom stereocenters. The summed E-state index contributed by atoms with van der Waals surface area (Å²) in [7, 11) is 0. The van der Waals surface area contributed by atoms with Crippen LogP contribution in [0.3, 0.4) is 0 Å². The van der Waals surface area contributed by atoms with Crippen LogP contribution in [0.2, 0.25) is 0 Å². The molecule has 0 saturated carbocycles. The fraction of sp³-hybridized carbons (Fsp3) is 0.333. The van der Waals surface area contributed by atoms with Gasteiger partial charge < -0.3 is 10.6 Å². The number of rotatable bonds is 3. The van der Waals surface area contributed by atoms with Crippen molar-refractivity contribution in [1.29, 1.82) is 0 Å². The third-order valence-corrected chi connectivity index (χ3v) is 4.24. The normalized spacial score (nSPS) is 21.6. The summed E-state index contributed by atoms with van der Waals surface area (Å²) in [6.07, 6.45) is 5.77. The zero-order valence-electron chi connectivity index (χ0n) is 12.6. The van der Waals surface area contributed by atoms with Gasteiger partial charge in [-0.25, -0.2) is 0 Å². The van der Waals surface area contributed by atoms with E-state index in [9.17, 15) is 4.79 Å². The number of aromatic nitrogens is 1. The summed E-state index contributed by atoms with van der Waals surface area (Å²) in [6.45, 7) is 0.775. The Morgan fingerprint density at radius 2 is 1.91 bits per heavy atom. The third-order valence-electron chi connectivity index (χ3n) is 4.24. The van der Waals surface area contributed by atoms with Crippen LogP contribution in [0.5, 0.6) is 0 Å². The highest BCUT2D eigenvalue weighted by molar-refractivity contribution is 5.79. The smallest absolute Gasteiger partial charge is 0.227 e. The van der Waals surface area contributed by atoms with Gasteiger partial charge in [-0.15, -0.1) is 0 Å². The first-order valence-corrected chi connectivity index (χ1v) is 7.74. The van der Waals surface area contributed by atoms with Crippen molar-refractivity contribution < 1.29 is 4.79 Å². The van der Waals surface area contributed by atoms with Crippen LogP contribution in [-0.2, 0) is 11.2 Å². The lowest BCUT2D eigenvalue weighted by Gasteiger charge is -2.40. The summed E-state index contributed by atoms with van der Waals surface area (Å²) in [6, 6.07) is 13.9. The van der Waals surface area contributed by atoms with Crippen molar-refractivity contribution in [2.75, 3.05) is 6.54 Å². The average Bonchev–Trinajstić information content (AvgIpc) is 2.56. The molecule has 0 radical (unpaired) electrons. The van der Waals surface area contributed by atoms with E-state index in [1.165, 1.54) is 0 Å². The van der Waals surface area contributed by atoms with Crippen LogP contribution in [0.25, 0.3) is 0 Å². The van der Waals surface area contributed by atoms with Crippen LogP contribution in [-0.4, -0.2) is 28.4 Å². The second kappa shape index (κ2) is 6.71. The number of nitrogens with zero attached hydrogens (tertiary/aromatic N) is 2. The molecule has 2 N–H and O–H groups in total. The number of pyridine rings is 1. The standard InChI is InChI=1S/C18H21N3O/c19-16-7-4-12-21(18(16)15-5-2-1-3-6-15)17(22)13-14-8-10-20-11-9-14/h1-3,5-6,8-11,16,18H,4,7,12-13,19H2. The number of likely N-dealkylation sites (tertiary alicyclic amines) is 1. The molecular formula is C18H21N3O. The molecule has 2 aromatic rings. The van der Waals surface area contributed by atoms with Gasteiger partial charge in [-0.2, -0.15) is 0 Å². The second-order valence-corrected chi connectivity index (χ2v) is 5.78. The maximum absolute atomic E-state index is 12.7. The average molecular weight is 295 g/mol. The number of hydrogen-bond donors (Lipinski definition) is 1. The fourth-order valence-corrected chi connectivity index (χ4v) is 3.16. The maximum atomic E-state index is 12.7. The molecule has 3 rings (SSSR count). The van der Waals surface area contributed by atoms with Gasteiger partial charge in [-0.1, -0.05) is 30.3 Å². The largest absolute Gasteiger partial charge is 0.334 e. The Morgan fingerprint density at radius 1 is 1.18 bits per heavy atom. The van der Waals surface area contributed by atoms with Crippen LogP contribution in [0.1, 0.15) is 30.0 Å². The van der Waals surface area contributed by atoms with E-state index in [1.807, 2.05) is 35.2 Å². The summed E-state index contributed by atoms with van der Waals surface area (Å²) in [5.74, 6) is 0.134. The topological polar surface area (TPSA) is 59.2 Å². The number of benzene rings is 1. The van der Waals surface area contributed by atoms with Gasteiger partial charge in [0.25, 0.3) is 0 Å². The Morgan fingerprint density at radius 3 is 2.64 bits per heavy atom. The molecule has 1 saturated heterocycles. The van der Waals surface area contributed by atoms with Gasteiger partial charge in [0.05, 0.1) is 12.5 Å². The highest BCUT2D eigenvalue weighted by Gasteiger charge is 2.33. The summed E-state index contributed by atoms with van der Waals surface area (Å²) < 4.78 is 0. The first-order chi connectivity index (χ1) is 10.8. The van der Waals surface area contributed by atoms with Gasteiger partial charge in [-0.05, 0) is 36.1 Å². The van der Waals surface area contributed by atoms with Crippen molar-refractivity contribution in [3.05, 3.63) is 66.0 Å². The van der Waals surface area contributed by atoms with Crippen LogP contribution >= 0.6 is 0 Å². The lowest BCUT2D eigenvalue weighted by Crippen LogP contribution is -2.49. The lowest BCUT2D eigenvalue weighted by atomic mass is 9.90. The highest BCUT2D eigenvalue weighted by atomic mass is 16.2. The molecule has 1 aliphatic rings. The Bertz CT molecular complexity index is 615. The first kappa shape index (κ1) is 14.7. The molecule has 1 fully saturated rings. The monoisotopic (exact) mass is 295 g/mol. The Balaban J connectivity index is 1.81. The molecule has 1 amide bonds. The van der Waals surface area contributed by atoms with Gasteiger partial charge in [0.15, 0.2) is 0 Å². The first-order valence-electron chi connectivity index (χ1n) is 7.74. The van der Waals surface area contributed by atoms with E-state index < -0.39 is 0 Å². The molecule has 4 nitrogen and oxygen atoms in total. The minimum absolute atomic E-state index is 0.00228. The molecule has 1 aromatic carbocycles. The van der Waals surface area contributed by atoms with Crippen molar-refractivity contribution >= 4 is 5.91 Å². The van der Waals surface area contributed by atoms with Gasteiger partial charge in [0.1, 0.15) is 0 Å². The number of carbonyl (C=O) groups excluding carboxylic acids is 1. The predicted molar refractivity (Wildman–Crippen MR) is 86.0 cm³/mol. The zero-order valence-corrected chi connectivity index (χ0v) is 12.6. The molecule has 0 aliphatic carbocycles. The Kier molecular flexibility index (Phi) is 4.49. The van der Waals surface area contributed by atoms with Gasteiger partial charge >= 0.3 is 0 Å². The minimum atomic E-state index is -0.0238. The van der Waals surface area contributed by atoms with Crippen LogP contribution < -0.4 is 5.73 Å². The SMILES string of the molecule is NC1CCCN(C(=O)Cc2ccncc2)C1c1ccccc1. The molecule has 0 bridgehead atoms. The van der Waals surface area contributed by atoms with Crippen LogP contribution in [0.4, 0.5) is 0 Å². The van der Waals surface area contributed by atoms with E-state index in [0.29, 0.717) is 6.42 Å². The Hall–Kier alpha value is -2.20. The summed E-state index contributed by atoms with van der Waals surface area (Å²) in [4.78, 5) is 18.7. The summed E-state index contributed by atoms with van der Waals surface area (Å²) in [5, 5.41) is 0. The maximum Gasteiger partial charge on any atom is 0.227 e. The molecule has 0 spiro atoms. The summed E-state index contributed by atoms with van der Waals surface area (Å²) >= 11 is 0. The zero-order chi connectivity index (χ0) is 15.4. The quantitative estimate of drug-likeness (QED) is 0.945. The molecule has 2 unspecified atom stereocenters. The van der Waals surface area contributed by atoms with Crippen molar-refractivity contribution in [3.8, 4) is 0 Å². The molecular weight excluding hydrogens is 274 g/mol. The molecule has 1 aromatic heterocycles. The van der Waals surface area contributed by atoms with Crippen molar-refractivity contribution in [3.63, 3.8) is 0 Å². The number of amides is 1. The molecule has 4 heteroatoms.